The Hall–Kier alpha value is -2.75. The number of ether oxygens (including phenoxy) is 2. The first-order valence-corrected chi connectivity index (χ1v) is 5.61. The van der Waals surface area contributed by atoms with Crippen molar-refractivity contribution < 1.29 is 27.0 Å². The lowest BCUT2D eigenvalue weighted by molar-refractivity contribution is -0.275. The molecule has 0 heterocycles. The fourth-order valence-electron chi connectivity index (χ4n) is 1.52. The lowest BCUT2D eigenvalue weighted by atomic mass is 10.2. The highest BCUT2D eigenvalue weighted by molar-refractivity contribution is 5.44. The average molecular weight is 297 g/mol. The molecule has 0 aliphatic carbocycles. The summed E-state index contributed by atoms with van der Waals surface area (Å²) in [5.41, 5.74) is 0.0691. The second-order valence-electron chi connectivity index (χ2n) is 3.85. The van der Waals surface area contributed by atoms with E-state index in [0.29, 0.717) is 0 Å². The van der Waals surface area contributed by atoms with Gasteiger partial charge < -0.3 is 9.47 Å². The molecule has 3 nitrogen and oxygen atoms in total. The molecule has 0 fully saturated rings. The molecule has 7 heteroatoms. The van der Waals surface area contributed by atoms with Gasteiger partial charge in [-0.2, -0.15) is 5.26 Å². The Bertz CT molecular complexity index is 692. The summed E-state index contributed by atoms with van der Waals surface area (Å²) in [6.45, 7) is 0. The minimum Gasteiger partial charge on any atom is -0.450 e. The van der Waals surface area contributed by atoms with Gasteiger partial charge in [0.25, 0.3) is 0 Å². The number of hydrogen-bond donors (Lipinski definition) is 0. The molecule has 2 aromatic rings. The lowest BCUT2D eigenvalue weighted by Gasteiger charge is -2.14. The Morgan fingerprint density at radius 1 is 0.952 bits per heavy atom. The molecule has 108 valence electrons. The van der Waals surface area contributed by atoms with Gasteiger partial charge >= 0.3 is 6.36 Å². The maximum Gasteiger partial charge on any atom is 0.573 e. The number of rotatable bonds is 3. The highest BCUT2D eigenvalue weighted by Gasteiger charge is 2.32. The molecule has 0 atom stereocenters. The van der Waals surface area contributed by atoms with E-state index in [9.17, 15) is 17.6 Å². The van der Waals surface area contributed by atoms with Crippen molar-refractivity contribution in [3.05, 3.63) is 53.8 Å². The smallest absolute Gasteiger partial charge is 0.450 e. The van der Waals surface area contributed by atoms with Crippen LogP contribution in [0, 0.1) is 17.1 Å². The molecular weight excluding hydrogens is 290 g/mol. The van der Waals surface area contributed by atoms with E-state index in [0.717, 1.165) is 18.2 Å². The minimum atomic E-state index is -4.89. The molecule has 0 aromatic heterocycles. The van der Waals surface area contributed by atoms with E-state index in [1.54, 1.807) is 6.07 Å². The van der Waals surface area contributed by atoms with Crippen LogP contribution in [0.3, 0.4) is 0 Å². The normalized spacial score (nSPS) is 10.8. The minimum absolute atomic E-state index is 0.0691. The summed E-state index contributed by atoms with van der Waals surface area (Å²) in [7, 11) is 0. The average Bonchev–Trinajstić information content (AvgIpc) is 2.41. The first kappa shape index (κ1) is 14.7. The summed E-state index contributed by atoms with van der Waals surface area (Å²) in [5.74, 6) is -2.06. The molecule has 0 unspecified atom stereocenters. The number of halogens is 4. The van der Waals surface area contributed by atoms with Crippen LogP contribution >= 0.6 is 0 Å². The zero-order chi connectivity index (χ0) is 15.5. The Labute approximate surface area is 117 Å². The molecule has 0 radical (unpaired) electrons. The van der Waals surface area contributed by atoms with Crippen LogP contribution in [0.2, 0.25) is 0 Å². The fourth-order valence-corrected chi connectivity index (χ4v) is 1.52. The standard InChI is InChI=1S/C14H7F4NO2/c15-10-7-9(8-19)5-6-11(10)20-12-3-1-2-4-13(12)21-14(16,17)18/h1-7H. The van der Waals surface area contributed by atoms with Crippen LogP contribution < -0.4 is 9.47 Å². The van der Waals surface area contributed by atoms with Gasteiger partial charge in [0.1, 0.15) is 0 Å². The van der Waals surface area contributed by atoms with Crippen molar-refractivity contribution in [2.45, 2.75) is 6.36 Å². The van der Waals surface area contributed by atoms with Gasteiger partial charge in [0, 0.05) is 0 Å². The summed E-state index contributed by atoms with van der Waals surface area (Å²) in [6.07, 6.45) is -4.89. The topological polar surface area (TPSA) is 42.2 Å². The van der Waals surface area contributed by atoms with E-state index in [-0.39, 0.29) is 17.1 Å². The zero-order valence-electron chi connectivity index (χ0n) is 10.3. The molecule has 0 aliphatic heterocycles. The van der Waals surface area contributed by atoms with Gasteiger partial charge in [-0.15, -0.1) is 13.2 Å². The number of benzene rings is 2. The molecule has 0 spiro atoms. The molecular formula is C14H7F4NO2. The molecule has 0 N–H and O–H groups in total. The second-order valence-corrected chi connectivity index (χ2v) is 3.85. The molecule has 0 amide bonds. The molecule has 2 aromatic carbocycles. The van der Waals surface area contributed by atoms with E-state index in [1.165, 1.54) is 24.3 Å². The zero-order valence-corrected chi connectivity index (χ0v) is 10.3. The third-order valence-electron chi connectivity index (χ3n) is 2.36. The summed E-state index contributed by atoms with van der Waals surface area (Å²) in [5, 5.41) is 8.61. The fraction of sp³-hybridized carbons (Fsp3) is 0.0714. The van der Waals surface area contributed by atoms with E-state index in [2.05, 4.69) is 4.74 Å². The Kier molecular flexibility index (Phi) is 3.98. The molecule has 21 heavy (non-hydrogen) atoms. The molecule has 2 rings (SSSR count). The maximum atomic E-state index is 13.7. The van der Waals surface area contributed by atoms with Crippen molar-refractivity contribution >= 4 is 0 Å². The van der Waals surface area contributed by atoms with E-state index >= 15 is 0 Å². The molecule has 0 saturated heterocycles. The molecule has 0 saturated carbocycles. The highest BCUT2D eigenvalue weighted by Crippen LogP contribution is 2.35. The van der Waals surface area contributed by atoms with Gasteiger partial charge in [0.15, 0.2) is 23.1 Å². The van der Waals surface area contributed by atoms with E-state index in [4.69, 9.17) is 10.00 Å². The van der Waals surface area contributed by atoms with Crippen molar-refractivity contribution in [2.24, 2.45) is 0 Å². The van der Waals surface area contributed by atoms with Crippen molar-refractivity contribution in [3.63, 3.8) is 0 Å². The van der Waals surface area contributed by atoms with Crippen LogP contribution in [0.4, 0.5) is 17.6 Å². The highest BCUT2D eigenvalue weighted by atomic mass is 19.4. The summed E-state index contributed by atoms with van der Waals surface area (Å²) < 4.78 is 59.3. The number of para-hydroxylation sites is 2. The summed E-state index contributed by atoms with van der Waals surface area (Å²) in [4.78, 5) is 0. The maximum absolute atomic E-state index is 13.7. The summed E-state index contributed by atoms with van der Waals surface area (Å²) >= 11 is 0. The first-order chi connectivity index (χ1) is 9.89. The molecule has 0 bridgehead atoms. The first-order valence-electron chi connectivity index (χ1n) is 5.61. The Balaban J connectivity index is 2.30. The monoisotopic (exact) mass is 297 g/mol. The third-order valence-corrected chi connectivity index (χ3v) is 2.36. The van der Waals surface area contributed by atoms with E-state index < -0.39 is 17.9 Å². The van der Waals surface area contributed by atoms with Crippen LogP contribution in [0.15, 0.2) is 42.5 Å². The molecule has 0 aliphatic rings. The van der Waals surface area contributed by atoms with E-state index in [1.807, 2.05) is 0 Å². The van der Waals surface area contributed by atoms with Gasteiger partial charge in [-0.25, -0.2) is 4.39 Å². The van der Waals surface area contributed by atoms with Crippen LogP contribution in [-0.4, -0.2) is 6.36 Å². The Morgan fingerprint density at radius 3 is 2.19 bits per heavy atom. The number of nitriles is 1. The Morgan fingerprint density at radius 2 is 1.62 bits per heavy atom. The quantitative estimate of drug-likeness (QED) is 0.789. The van der Waals surface area contributed by atoms with Crippen molar-refractivity contribution in [2.75, 3.05) is 0 Å². The van der Waals surface area contributed by atoms with Crippen molar-refractivity contribution in [1.29, 1.82) is 5.26 Å². The predicted octanol–water partition coefficient (Wildman–Crippen LogP) is 4.39. The van der Waals surface area contributed by atoms with Crippen LogP contribution in [0.5, 0.6) is 17.2 Å². The van der Waals surface area contributed by atoms with Gasteiger partial charge in [-0.3, -0.25) is 0 Å². The van der Waals surface area contributed by atoms with Gasteiger partial charge in [0.05, 0.1) is 11.6 Å². The number of alkyl halides is 3. The van der Waals surface area contributed by atoms with Crippen LogP contribution in [0.25, 0.3) is 0 Å². The predicted molar refractivity (Wildman–Crippen MR) is 64.3 cm³/mol. The SMILES string of the molecule is N#Cc1ccc(Oc2ccccc2OC(F)(F)F)c(F)c1. The van der Waals surface area contributed by atoms with Gasteiger partial charge in [-0.1, -0.05) is 12.1 Å². The second kappa shape index (κ2) is 5.71. The van der Waals surface area contributed by atoms with Crippen LogP contribution in [-0.2, 0) is 0 Å². The number of nitrogens with zero attached hydrogens (tertiary/aromatic N) is 1. The van der Waals surface area contributed by atoms with Crippen molar-refractivity contribution in [3.8, 4) is 23.3 Å². The third kappa shape index (κ3) is 3.86. The number of hydrogen-bond acceptors (Lipinski definition) is 3. The lowest BCUT2D eigenvalue weighted by Crippen LogP contribution is -2.17. The largest absolute Gasteiger partial charge is 0.573 e. The summed E-state index contributed by atoms with van der Waals surface area (Å²) in [6, 6.07) is 10.1. The van der Waals surface area contributed by atoms with Gasteiger partial charge in [-0.05, 0) is 30.3 Å². The van der Waals surface area contributed by atoms with Crippen LogP contribution in [0.1, 0.15) is 5.56 Å². The van der Waals surface area contributed by atoms with Crippen molar-refractivity contribution in [1.82, 2.24) is 0 Å². The van der Waals surface area contributed by atoms with Gasteiger partial charge in [0.2, 0.25) is 0 Å².